The molecular weight excluding hydrogens is 142 g/mol. The molecule has 2 N–H and O–H groups in total. The summed E-state index contributed by atoms with van der Waals surface area (Å²) in [7, 11) is 5.48. The van der Waals surface area contributed by atoms with Gasteiger partial charge in [-0.2, -0.15) is 0 Å². The molecule has 0 spiro atoms. The summed E-state index contributed by atoms with van der Waals surface area (Å²) in [6.07, 6.45) is 1.02. The third kappa shape index (κ3) is 3.83. The lowest BCUT2D eigenvalue weighted by atomic mass is 10.3. The molecule has 4 heteroatoms. The highest BCUT2D eigenvalue weighted by Crippen LogP contribution is 1.92. The number of amides is 2. The van der Waals surface area contributed by atoms with E-state index in [1.165, 1.54) is 0 Å². The largest absolute Gasteiger partial charge is 0.341 e. The third-order valence-corrected chi connectivity index (χ3v) is 1.53. The Labute approximate surface area is 67.9 Å². The number of hydrogen-bond acceptors (Lipinski definition) is 2. The predicted octanol–water partition coefficient (Wildman–Crippen LogP) is 0.213. The summed E-state index contributed by atoms with van der Waals surface area (Å²) in [5.41, 5.74) is 0. The molecule has 0 aromatic carbocycles. The van der Waals surface area contributed by atoms with Crippen LogP contribution >= 0.6 is 0 Å². The topological polar surface area (TPSA) is 44.4 Å². The summed E-state index contributed by atoms with van der Waals surface area (Å²) < 4.78 is 0. The van der Waals surface area contributed by atoms with Crippen LogP contribution in [0.5, 0.6) is 0 Å². The zero-order valence-corrected chi connectivity index (χ0v) is 7.64. The number of carbonyl (C=O) groups excluding carboxylic acids is 1. The van der Waals surface area contributed by atoms with E-state index in [9.17, 15) is 4.79 Å². The highest BCUT2D eigenvalue weighted by molar-refractivity contribution is 5.73. The lowest BCUT2D eigenvalue weighted by molar-refractivity contribution is 0.209. The molecule has 1 atom stereocenters. The molecule has 0 aromatic heterocycles. The minimum absolute atomic E-state index is 0.120. The number of carbonyl (C=O) groups is 1. The molecule has 0 saturated heterocycles. The molecule has 0 aromatic rings. The fraction of sp³-hybridized carbons (Fsp3) is 0.857. The smallest absolute Gasteiger partial charge is 0.315 e. The van der Waals surface area contributed by atoms with Gasteiger partial charge in [0, 0.05) is 7.05 Å². The van der Waals surface area contributed by atoms with E-state index in [-0.39, 0.29) is 12.2 Å². The van der Waals surface area contributed by atoms with Gasteiger partial charge in [0.2, 0.25) is 0 Å². The first-order chi connectivity index (χ1) is 5.11. The second kappa shape index (κ2) is 4.96. The van der Waals surface area contributed by atoms with Crippen LogP contribution in [0.1, 0.15) is 13.3 Å². The van der Waals surface area contributed by atoms with Gasteiger partial charge in [0.1, 0.15) is 0 Å². The van der Waals surface area contributed by atoms with Crippen molar-refractivity contribution in [1.29, 1.82) is 0 Å². The Hall–Kier alpha value is -0.770. The van der Waals surface area contributed by atoms with Crippen molar-refractivity contribution < 1.29 is 4.79 Å². The monoisotopic (exact) mass is 159 g/mol. The van der Waals surface area contributed by atoms with E-state index in [1.54, 1.807) is 7.05 Å². The van der Waals surface area contributed by atoms with Crippen molar-refractivity contribution in [3.8, 4) is 0 Å². The van der Waals surface area contributed by atoms with Gasteiger partial charge in [-0.05, 0) is 20.5 Å². The van der Waals surface area contributed by atoms with Crippen LogP contribution in [0.15, 0.2) is 0 Å². The van der Waals surface area contributed by atoms with Crippen LogP contribution in [-0.2, 0) is 0 Å². The normalized spacial score (nSPS) is 12.8. The Bertz CT molecular complexity index is 125. The Morgan fingerprint density at radius 3 is 2.36 bits per heavy atom. The number of nitrogens with one attached hydrogen (secondary N) is 2. The first-order valence-corrected chi connectivity index (χ1v) is 3.76. The van der Waals surface area contributed by atoms with E-state index in [2.05, 4.69) is 10.6 Å². The Morgan fingerprint density at radius 2 is 2.09 bits per heavy atom. The zero-order chi connectivity index (χ0) is 8.85. The summed E-state index contributed by atoms with van der Waals surface area (Å²) in [5.74, 6) is 0. The maximum Gasteiger partial charge on any atom is 0.315 e. The van der Waals surface area contributed by atoms with Crippen molar-refractivity contribution in [3.05, 3.63) is 0 Å². The summed E-state index contributed by atoms with van der Waals surface area (Å²) in [6.45, 7) is 2.03. The molecule has 0 heterocycles. The van der Waals surface area contributed by atoms with Gasteiger partial charge < -0.3 is 10.6 Å². The van der Waals surface area contributed by atoms with E-state index in [0.29, 0.717) is 0 Å². The standard InChI is InChI=1S/C7H17N3O/c1-5-6(10(3)4)9-7(11)8-2/h6H,5H2,1-4H3,(H2,8,9,11). The van der Waals surface area contributed by atoms with Crippen LogP contribution in [0.3, 0.4) is 0 Å². The van der Waals surface area contributed by atoms with E-state index in [4.69, 9.17) is 0 Å². The highest BCUT2D eigenvalue weighted by atomic mass is 16.2. The molecule has 11 heavy (non-hydrogen) atoms. The molecule has 0 aliphatic rings. The SMILES string of the molecule is CCC(NC(=O)NC)N(C)C. The number of rotatable bonds is 3. The maximum atomic E-state index is 10.8. The van der Waals surface area contributed by atoms with Crippen LogP contribution in [0.4, 0.5) is 4.79 Å². The van der Waals surface area contributed by atoms with Gasteiger partial charge in [-0.3, -0.25) is 4.90 Å². The molecule has 0 saturated carbocycles. The predicted molar refractivity (Wildman–Crippen MR) is 45.4 cm³/mol. The fourth-order valence-electron chi connectivity index (χ4n) is 0.820. The van der Waals surface area contributed by atoms with Gasteiger partial charge in [-0.1, -0.05) is 6.92 Å². The van der Waals surface area contributed by atoms with Gasteiger partial charge in [-0.15, -0.1) is 0 Å². The molecule has 1 unspecified atom stereocenters. The lowest BCUT2D eigenvalue weighted by Gasteiger charge is -2.23. The average molecular weight is 159 g/mol. The zero-order valence-electron chi connectivity index (χ0n) is 7.64. The molecule has 0 rings (SSSR count). The van der Waals surface area contributed by atoms with E-state index < -0.39 is 0 Å². The summed E-state index contributed by atoms with van der Waals surface area (Å²) >= 11 is 0. The number of nitrogens with zero attached hydrogens (tertiary/aromatic N) is 1. The van der Waals surface area contributed by atoms with Crippen molar-refractivity contribution in [2.24, 2.45) is 0 Å². The summed E-state index contributed by atoms with van der Waals surface area (Å²) in [5, 5.41) is 5.30. The van der Waals surface area contributed by atoms with Gasteiger partial charge in [0.15, 0.2) is 0 Å². The second-order valence-electron chi connectivity index (χ2n) is 2.61. The second-order valence-corrected chi connectivity index (χ2v) is 2.61. The lowest BCUT2D eigenvalue weighted by Crippen LogP contribution is -2.47. The molecule has 0 radical (unpaired) electrons. The van der Waals surface area contributed by atoms with Gasteiger partial charge in [0.05, 0.1) is 6.17 Å². The van der Waals surface area contributed by atoms with E-state index >= 15 is 0 Å². The Balaban J connectivity index is 3.78. The first-order valence-electron chi connectivity index (χ1n) is 3.76. The molecule has 66 valence electrons. The number of urea groups is 1. The van der Waals surface area contributed by atoms with Crippen LogP contribution < -0.4 is 10.6 Å². The van der Waals surface area contributed by atoms with E-state index in [1.807, 2.05) is 25.9 Å². The first kappa shape index (κ1) is 10.2. The van der Waals surface area contributed by atoms with E-state index in [0.717, 1.165) is 6.42 Å². The molecular formula is C7H17N3O. The molecule has 0 fully saturated rings. The molecule has 0 aliphatic heterocycles. The quantitative estimate of drug-likeness (QED) is 0.578. The van der Waals surface area contributed by atoms with Crippen LogP contribution in [-0.4, -0.2) is 38.2 Å². The van der Waals surface area contributed by atoms with Crippen LogP contribution in [0.2, 0.25) is 0 Å². The highest BCUT2D eigenvalue weighted by Gasteiger charge is 2.09. The Morgan fingerprint density at radius 1 is 1.55 bits per heavy atom. The Kier molecular flexibility index (Phi) is 4.61. The minimum atomic E-state index is -0.134. The van der Waals surface area contributed by atoms with Gasteiger partial charge >= 0.3 is 6.03 Å². The molecule has 0 bridgehead atoms. The third-order valence-electron chi connectivity index (χ3n) is 1.53. The van der Waals surface area contributed by atoms with Crippen molar-refractivity contribution >= 4 is 6.03 Å². The van der Waals surface area contributed by atoms with Gasteiger partial charge in [0.25, 0.3) is 0 Å². The van der Waals surface area contributed by atoms with Crippen molar-refractivity contribution in [2.45, 2.75) is 19.5 Å². The fourth-order valence-corrected chi connectivity index (χ4v) is 0.820. The van der Waals surface area contributed by atoms with Crippen molar-refractivity contribution in [1.82, 2.24) is 15.5 Å². The minimum Gasteiger partial charge on any atom is -0.341 e. The summed E-state index contributed by atoms with van der Waals surface area (Å²) in [6, 6.07) is -0.134. The molecule has 2 amide bonds. The number of hydrogen-bond donors (Lipinski definition) is 2. The maximum absolute atomic E-state index is 10.8. The molecule has 0 aliphatic carbocycles. The summed E-state index contributed by atoms with van der Waals surface area (Å²) in [4.78, 5) is 12.8. The van der Waals surface area contributed by atoms with Gasteiger partial charge in [-0.25, -0.2) is 4.79 Å². The average Bonchev–Trinajstić information content (AvgIpc) is 1.99. The molecule has 4 nitrogen and oxygen atoms in total. The van der Waals surface area contributed by atoms with Crippen molar-refractivity contribution in [2.75, 3.05) is 21.1 Å². The van der Waals surface area contributed by atoms with Crippen molar-refractivity contribution in [3.63, 3.8) is 0 Å². The van der Waals surface area contributed by atoms with Crippen LogP contribution in [0, 0.1) is 0 Å². The van der Waals surface area contributed by atoms with Crippen LogP contribution in [0.25, 0.3) is 0 Å².